The zero-order chi connectivity index (χ0) is 14.7. The van der Waals surface area contributed by atoms with Gasteiger partial charge in [0.25, 0.3) is 0 Å². The average molecular weight is 305 g/mol. The fourth-order valence-corrected chi connectivity index (χ4v) is 5.07. The molecule has 0 saturated carbocycles. The summed E-state index contributed by atoms with van der Waals surface area (Å²) in [5.41, 5.74) is 1.87. The van der Waals surface area contributed by atoms with E-state index in [2.05, 4.69) is 55.2 Å². The second kappa shape index (κ2) is 6.72. The van der Waals surface area contributed by atoms with Crippen LogP contribution in [0.25, 0.3) is 0 Å². The smallest absolute Gasteiger partial charge is 0.0535 e. The Morgan fingerprint density at radius 3 is 2.95 bits per heavy atom. The number of ether oxygens (including phenoxy) is 1. The normalized spacial score (nSPS) is 28.8. The number of hydrogen-bond acceptors (Lipinski definition) is 3. The molecule has 0 aliphatic carbocycles. The van der Waals surface area contributed by atoms with Gasteiger partial charge in [0, 0.05) is 34.8 Å². The Morgan fingerprint density at radius 2 is 2.24 bits per heavy atom. The van der Waals surface area contributed by atoms with Crippen molar-refractivity contribution in [2.24, 2.45) is 5.41 Å². The molecule has 2 unspecified atom stereocenters. The van der Waals surface area contributed by atoms with Crippen LogP contribution in [0.3, 0.4) is 0 Å². The molecule has 0 amide bonds. The largest absolute Gasteiger partial charge is 0.381 e. The third-order valence-corrected chi connectivity index (χ3v) is 5.98. The molecule has 21 heavy (non-hydrogen) atoms. The topological polar surface area (TPSA) is 21.3 Å². The molecule has 3 rings (SSSR count). The van der Waals surface area contributed by atoms with E-state index in [0.717, 1.165) is 25.0 Å². The van der Waals surface area contributed by atoms with E-state index >= 15 is 0 Å². The lowest BCUT2D eigenvalue weighted by atomic mass is 9.77. The van der Waals surface area contributed by atoms with Crippen LogP contribution >= 0.6 is 11.8 Å². The molecule has 116 valence electrons. The Hall–Kier alpha value is -0.510. The van der Waals surface area contributed by atoms with Crippen LogP contribution in [0.1, 0.15) is 38.7 Å². The summed E-state index contributed by atoms with van der Waals surface area (Å²) in [4.78, 5) is 1.49. The second-order valence-corrected chi connectivity index (χ2v) is 8.29. The number of fused-ring (bicyclic) bond motifs is 1. The van der Waals surface area contributed by atoms with Crippen LogP contribution in [-0.2, 0) is 11.2 Å². The molecule has 1 saturated heterocycles. The monoisotopic (exact) mass is 305 g/mol. The minimum Gasteiger partial charge on any atom is -0.381 e. The lowest BCUT2D eigenvalue weighted by Gasteiger charge is -2.39. The molecule has 2 nitrogen and oxygen atoms in total. The zero-order valence-corrected chi connectivity index (χ0v) is 14.0. The average Bonchev–Trinajstić information content (AvgIpc) is 2.88. The van der Waals surface area contributed by atoms with E-state index in [1.54, 1.807) is 0 Å². The maximum absolute atomic E-state index is 5.86. The molecule has 1 fully saturated rings. The van der Waals surface area contributed by atoms with Gasteiger partial charge in [-0.15, -0.1) is 11.8 Å². The fraction of sp³-hybridized carbons (Fsp3) is 0.667. The zero-order valence-electron chi connectivity index (χ0n) is 13.2. The molecule has 2 heterocycles. The highest BCUT2D eigenvalue weighted by molar-refractivity contribution is 8.00. The van der Waals surface area contributed by atoms with Crippen LogP contribution in [-0.4, -0.2) is 31.1 Å². The van der Waals surface area contributed by atoms with Gasteiger partial charge in [0.05, 0.1) is 6.61 Å². The molecule has 2 aliphatic rings. The summed E-state index contributed by atoms with van der Waals surface area (Å²) in [6.07, 6.45) is 5.01. The molecule has 0 aromatic heterocycles. The third-order valence-electron chi connectivity index (χ3n) is 4.66. The summed E-state index contributed by atoms with van der Waals surface area (Å²) in [6, 6.07) is 9.45. The Balaban J connectivity index is 1.65. The summed E-state index contributed by atoms with van der Waals surface area (Å²) >= 11 is 2.08. The minimum atomic E-state index is 0.336. The van der Waals surface area contributed by atoms with Crippen LogP contribution in [0.5, 0.6) is 0 Å². The van der Waals surface area contributed by atoms with Gasteiger partial charge in [-0.3, -0.25) is 0 Å². The van der Waals surface area contributed by atoms with E-state index in [1.807, 2.05) is 0 Å². The second-order valence-electron chi connectivity index (χ2n) is 6.95. The van der Waals surface area contributed by atoms with Crippen LogP contribution in [0, 0.1) is 5.41 Å². The molecule has 3 heteroatoms. The van der Waals surface area contributed by atoms with Crippen LogP contribution in [0.4, 0.5) is 0 Å². The van der Waals surface area contributed by atoms with Gasteiger partial charge >= 0.3 is 0 Å². The molecule has 2 aliphatic heterocycles. The number of thioether (sulfide) groups is 1. The molecule has 2 atom stereocenters. The van der Waals surface area contributed by atoms with Crippen molar-refractivity contribution in [2.75, 3.05) is 19.8 Å². The van der Waals surface area contributed by atoms with E-state index < -0.39 is 0 Å². The SMILES string of the molecule is CC(C)NCC1(CC2Cc3ccccc3S2)CCCOC1. The van der Waals surface area contributed by atoms with Gasteiger partial charge in [0.15, 0.2) is 0 Å². The fourth-order valence-electron chi connectivity index (χ4n) is 3.55. The number of rotatable bonds is 5. The minimum absolute atomic E-state index is 0.336. The molecule has 1 N–H and O–H groups in total. The summed E-state index contributed by atoms with van der Waals surface area (Å²) in [5.74, 6) is 0. The molecule has 0 bridgehead atoms. The molecular weight excluding hydrogens is 278 g/mol. The van der Waals surface area contributed by atoms with Crippen molar-refractivity contribution >= 4 is 11.8 Å². The van der Waals surface area contributed by atoms with E-state index in [-0.39, 0.29) is 0 Å². The van der Waals surface area contributed by atoms with Gasteiger partial charge in [-0.1, -0.05) is 32.0 Å². The number of hydrogen-bond donors (Lipinski definition) is 1. The Kier molecular flexibility index (Phi) is 4.92. The van der Waals surface area contributed by atoms with Crippen molar-refractivity contribution in [3.63, 3.8) is 0 Å². The quantitative estimate of drug-likeness (QED) is 0.892. The van der Waals surface area contributed by atoms with Crippen molar-refractivity contribution in [1.82, 2.24) is 5.32 Å². The third kappa shape index (κ3) is 3.82. The Bertz CT molecular complexity index is 443. The first kappa shape index (κ1) is 15.4. The number of nitrogens with one attached hydrogen (secondary N) is 1. The van der Waals surface area contributed by atoms with Crippen LogP contribution in [0.15, 0.2) is 29.2 Å². The first-order valence-corrected chi connectivity index (χ1v) is 9.11. The van der Waals surface area contributed by atoms with Gasteiger partial charge in [0.1, 0.15) is 0 Å². The van der Waals surface area contributed by atoms with Crippen molar-refractivity contribution in [1.29, 1.82) is 0 Å². The van der Waals surface area contributed by atoms with Gasteiger partial charge in [0.2, 0.25) is 0 Å². The van der Waals surface area contributed by atoms with Gasteiger partial charge in [-0.25, -0.2) is 0 Å². The van der Waals surface area contributed by atoms with E-state index in [4.69, 9.17) is 4.74 Å². The molecular formula is C18H27NOS. The van der Waals surface area contributed by atoms with Crippen molar-refractivity contribution in [2.45, 2.75) is 55.7 Å². The van der Waals surface area contributed by atoms with Crippen molar-refractivity contribution in [3.8, 4) is 0 Å². The Morgan fingerprint density at radius 1 is 1.38 bits per heavy atom. The first-order chi connectivity index (χ1) is 10.2. The highest BCUT2D eigenvalue weighted by Gasteiger charge is 2.37. The standard InChI is InChI=1S/C18H27NOS/c1-14(2)19-12-18(8-5-9-20-13-18)11-16-10-15-6-3-4-7-17(15)21-16/h3-4,6-7,14,16,19H,5,8-13H2,1-2H3. The lowest BCUT2D eigenvalue weighted by molar-refractivity contribution is -0.0129. The van der Waals surface area contributed by atoms with Crippen LogP contribution < -0.4 is 5.32 Å². The molecule has 0 radical (unpaired) electrons. The van der Waals surface area contributed by atoms with E-state index in [9.17, 15) is 0 Å². The summed E-state index contributed by atoms with van der Waals surface area (Å²) in [7, 11) is 0. The van der Waals surface area contributed by atoms with Gasteiger partial charge < -0.3 is 10.1 Å². The number of benzene rings is 1. The molecule has 1 aromatic carbocycles. The van der Waals surface area contributed by atoms with Crippen molar-refractivity contribution < 1.29 is 4.74 Å². The summed E-state index contributed by atoms with van der Waals surface area (Å²) in [5, 5.41) is 4.38. The first-order valence-electron chi connectivity index (χ1n) is 8.23. The summed E-state index contributed by atoms with van der Waals surface area (Å²) < 4.78 is 5.86. The molecule has 1 aromatic rings. The predicted octanol–water partition coefficient (Wildman–Crippen LogP) is 3.89. The van der Waals surface area contributed by atoms with Crippen LogP contribution in [0.2, 0.25) is 0 Å². The Labute approximate surface area is 133 Å². The van der Waals surface area contributed by atoms with Gasteiger partial charge in [-0.2, -0.15) is 0 Å². The molecule has 0 spiro atoms. The predicted molar refractivity (Wildman–Crippen MR) is 90.0 cm³/mol. The van der Waals surface area contributed by atoms with E-state index in [0.29, 0.717) is 11.5 Å². The van der Waals surface area contributed by atoms with Gasteiger partial charge in [-0.05, 0) is 37.3 Å². The lowest BCUT2D eigenvalue weighted by Crippen LogP contribution is -2.44. The highest BCUT2D eigenvalue weighted by atomic mass is 32.2. The van der Waals surface area contributed by atoms with Crippen molar-refractivity contribution in [3.05, 3.63) is 29.8 Å². The van der Waals surface area contributed by atoms with E-state index in [1.165, 1.54) is 36.1 Å². The summed E-state index contributed by atoms with van der Waals surface area (Å²) in [6.45, 7) is 7.44. The maximum atomic E-state index is 5.86. The highest BCUT2D eigenvalue weighted by Crippen LogP contribution is 2.44. The maximum Gasteiger partial charge on any atom is 0.0535 e.